The van der Waals surface area contributed by atoms with Crippen molar-refractivity contribution in [3.05, 3.63) is 114 Å². The molecule has 0 aliphatic carbocycles. The van der Waals surface area contributed by atoms with Crippen LogP contribution in [0.4, 0.5) is 0 Å². The van der Waals surface area contributed by atoms with E-state index in [-0.39, 0.29) is 24.0 Å². The second-order valence-corrected chi connectivity index (χ2v) is 7.52. The van der Waals surface area contributed by atoms with E-state index in [1.807, 2.05) is 60.7 Å². The first-order valence-corrected chi connectivity index (χ1v) is 10.1. The van der Waals surface area contributed by atoms with Gasteiger partial charge in [0.25, 0.3) is 0 Å². The number of halogens is 1. The Morgan fingerprint density at radius 2 is 1.22 bits per heavy atom. The molecule has 0 radical (unpaired) electrons. The van der Waals surface area contributed by atoms with E-state index in [1.165, 1.54) is 0 Å². The third-order valence-electron chi connectivity index (χ3n) is 5.31. The monoisotopic (exact) mass is 443 g/mol. The number of aromatic nitrogens is 3. The number of fused-ring (bicyclic) bond motifs is 1. The minimum atomic E-state index is 0. The summed E-state index contributed by atoms with van der Waals surface area (Å²) < 4.78 is 1.71. The van der Waals surface area contributed by atoms with Gasteiger partial charge >= 0.3 is 0 Å². The van der Waals surface area contributed by atoms with Gasteiger partial charge in [0.2, 0.25) is 5.88 Å². The topological polar surface area (TPSA) is 70.7 Å². The zero-order valence-corrected chi connectivity index (χ0v) is 18.0. The van der Waals surface area contributed by atoms with Gasteiger partial charge in [-0.05, 0) is 35.4 Å². The zero-order valence-electron chi connectivity index (χ0n) is 17.2. The zero-order chi connectivity index (χ0) is 21.2. The van der Waals surface area contributed by atoms with E-state index < -0.39 is 0 Å². The molecule has 5 nitrogen and oxygen atoms in total. The summed E-state index contributed by atoms with van der Waals surface area (Å²) in [5, 5.41) is 20.6. The number of phenolic OH excluding ortho intramolecular Hbond substituents is 1. The van der Waals surface area contributed by atoms with E-state index in [9.17, 15) is 10.2 Å². The first-order valence-electron chi connectivity index (χ1n) is 10.1. The molecule has 0 aliphatic rings. The maximum absolute atomic E-state index is 11.0. The first kappa shape index (κ1) is 21.4. The quantitative estimate of drug-likeness (QED) is 0.381. The number of nitrogens with zero attached hydrogens (tertiary/aromatic N) is 3. The van der Waals surface area contributed by atoms with Gasteiger partial charge in [0.15, 0.2) is 5.65 Å². The van der Waals surface area contributed by atoms with Gasteiger partial charge in [-0.15, -0.1) is 12.4 Å². The Kier molecular flexibility index (Phi) is 6.10. The van der Waals surface area contributed by atoms with Crippen LogP contribution >= 0.6 is 12.4 Å². The highest BCUT2D eigenvalue weighted by Gasteiger charge is 2.18. The summed E-state index contributed by atoms with van der Waals surface area (Å²) in [4.78, 5) is 9.64. The van der Waals surface area contributed by atoms with Gasteiger partial charge in [-0.1, -0.05) is 60.7 Å². The van der Waals surface area contributed by atoms with Gasteiger partial charge in [-0.25, -0.2) is 9.97 Å². The molecule has 0 aliphatic heterocycles. The highest BCUT2D eigenvalue weighted by molar-refractivity contribution is 5.85. The van der Waals surface area contributed by atoms with Crippen LogP contribution in [0.2, 0.25) is 0 Å². The van der Waals surface area contributed by atoms with Crippen molar-refractivity contribution in [1.82, 2.24) is 14.4 Å². The Morgan fingerprint density at radius 3 is 1.81 bits per heavy atom. The maximum atomic E-state index is 11.0. The van der Waals surface area contributed by atoms with Crippen molar-refractivity contribution in [2.75, 3.05) is 0 Å². The predicted molar refractivity (Wildman–Crippen MR) is 127 cm³/mol. The molecule has 0 saturated heterocycles. The van der Waals surface area contributed by atoms with Gasteiger partial charge in [0.05, 0.1) is 11.4 Å². The van der Waals surface area contributed by atoms with Crippen LogP contribution in [0.1, 0.15) is 22.5 Å². The van der Waals surface area contributed by atoms with Crippen LogP contribution in [0.5, 0.6) is 11.6 Å². The van der Waals surface area contributed by atoms with E-state index >= 15 is 0 Å². The molecule has 0 bridgehead atoms. The predicted octanol–water partition coefficient (Wildman–Crippen LogP) is 5.41. The van der Waals surface area contributed by atoms with Gasteiger partial charge in [-0.3, -0.25) is 4.40 Å². The number of rotatable bonds is 5. The Labute approximate surface area is 192 Å². The molecule has 0 saturated carbocycles. The second-order valence-electron chi connectivity index (χ2n) is 7.52. The number of imidazole rings is 1. The van der Waals surface area contributed by atoms with E-state index in [1.54, 1.807) is 22.7 Å². The fraction of sp³-hybridized carbons (Fsp3) is 0.0769. The van der Waals surface area contributed by atoms with Crippen molar-refractivity contribution in [3.8, 4) is 22.9 Å². The van der Waals surface area contributed by atoms with Gasteiger partial charge in [0.1, 0.15) is 11.4 Å². The van der Waals surface area contributed by atoms with Crippen LogP contribution in [0, 0.1) is 0 Å². The fourth-order valence-electron chi connectivity index (χ4n) is 3.73. The first-order chi connectivity index (χ1) is 15.2. The fourth-order valence-corrected chi connectivity index (χ4v) is 3.73. The molecule has 0 amide bonds. The molecule has 32 heavy (non-hydrogen) atoms. The van der Waals surface area contributed by atoms with Crippen molar-refractivity contribution >= 4 is 18.1 Å². The summed E-state index contributed by atoms with van der Waals surface area (Å²) in [5.41, 5.74) is 5.81. The molecule has 0 unspecified atom stereocenters. The number of hydrogen-bond donors (Lipinski definition) is 2. The van der Waals surface area contributed by atoms with Gasteiger partial charge in [-0.2, -0.15) is 0 Å². The second kappa shape index (κ2) is 9.12. The molecule has 6 heteroatoms. The van der Waals surface area contributed by atoms with Crippen LogP contribution in [0.25, 0.3) is 16.9 Å². The molecule has 0 atom stereocenters. The molecular formula is C26H22ClN3O2. The lowest BCUT2D eigenvalue weighted by Crippen LogP contribution is -2.00. The van der Waals surface area contributed by atoms with E-state index in [4.69, 9.17) is 9.97 Å². The standard InChI is InChI=1S/C26H21N3O2.ClH/c30-21-13-11-20(12-14-21)24-17-29-25(22(27-24)15-18-7-3-1-4-8-18)28-23(26(29)31)16-19-9-5-2-6-10-19;/h1-14,17,30-31H,15-16H2;1H. The lowest BCUT2D eigenvalue weighted by atomic mass is 10.1. The highest BCUT2D eigenvalue weighted by atomic mass is 35.5. The van der Waals surface area contributed by atoms with E-state index in [0.29, 0.717) is 29.9 Å². The average molecular weight is 444 g/mol. The van der Waals surface area contributed by atoms with Crippen LogP contribution in [-0.2, 0) is 12.8 Å². The largest absolute Gasteiger partial charge is 0.508 e. The molecule has 5 aromatic rings. The minimum Gasteiger partial charge on any atom is -0.508 e. The molecule has 5 rings (SSSR count). The third-order valence-corrected chi connectivity index (χ3v) is 5.31. The summed E-state index contributed by atoms with van der Waals surface area (Å²) in [6.45, 7) is 0. The summed E-state index contributed by atoms with van der Waals surface area (Å²) in [7, 11) is 0. The van der Waals surface area contributed by atoms with Crippen molar-refractivity contribution in [3.63, 3.8) is 0 Å². The normalized spacial score (nSPS) is 10.8. The van der Waals surface area contributed by atoms with Gasteiger partial charge in [0, 0.05) is 24.6 Å². The Hall–Kier alpha value is -3.83. The SMILES string of the molecule is Cl.Oc1ccc(-c2cn3c(O)c(Cc4ccccc4)nc3c(Cc3ccccc3)n2)cc1. The Morgan fingerprint density at radius 1 is 0.656 bits per heavy atom. The summed E-state index contributed by atoms with van der Waals surface area (Å²) in [6, 6.07) is 27.0. The molecular weight excluding hydrogens is 422 g/mol. The lowest BCUT2D eigenvalue weighted by Gasteiger charge is -2.08. The van der Waals surface area contributed by atoms with Crippen LogP contribution in [-0.4, -0.2) is 24.6 Å². The van der Waals surface area contributed by atoms with Crippen molar-refractivity contribution in [1.29, 1.82) is 0 Å². The number of aromatic hydroxyl groups is 2. The lowest BCUT2D eigenvalue weighted by molar-refractivity contribution is 0.442. The smallest absolute Gasteiger partial charge is 0.219 e. The number of benzene rings is 3. The maximum Gasteiger partial charge on any atom is 0.219 e. The summed E-state index contributed by atoms with van der Waals surface area (Å²) in [6.07, 6.45) is 2.93. The minimum absolute atomic E-state index is 0. The third kappa shape index (κ3) is 4.29. The number of hydrogen-bond acceptors (Lipinski definition) is 4. The van der Waals surface area contributed by atoms with Crippen molar-refractivity contribution in [2.45, 2.75) is 12.8 Å². The molecule has 2 aromatic heterocycles. The molecule has 2 heterocycles. The van der Waals surface area contributed by atoms with Crippen LogP contribution in [0.15, 0.2) is 91.1 Å². The Bertz CT molecular complexity index is 1330. The van der Waals surface area contributed by atoms with Crippen LogP contribution in [0.3, 0.4) is 0 Å². The van der Waals surface area contributed by atoms with Crippen molar-refractivity contribution in [2.24, 2.45) is 0 Å². The molecule has 2 N–H and O–H groups in total. The van der Waals surface area contributed by atoms with Gasteiger partial charge < -0.3 is 10.2 Å². The summed E-state index contributed by atoms with van der Waals surface area (Å²) in [5.74, 6) is 0.320. The number of phenols is 1. The van der Waals surface area contributed by atoms with Crippen LogP contribution < -0.4 is 0 Å². The molecule has 0 spiro atoms. The molecule has 160 valence electrons. The molecule has 3 aromatic carbocycles. The van der Waals surface area contributed by atoms with E-state index in [2.05, 4.69) is 12.1 Å². The highest BCUT2D eigenvalue weighted by Crippen LogP contribution is 2.28. The summed E-state index contributed by atoms with van der Waals surface area (Å²) >= 11 is 0. The average Bonchev–Trinajstić information content (AvgIpc) is 3.11. The van der Waals surface area contributed by atoms with Crippen molar-refractivity contribution < 1.29 is 10.2 Å². The molecule has 0 fully saturated rings. The van der Waals surface area contributed by atoms with E-state index in [0.717, 1.165) is 22.4 Å². The Balaban J connectivity index is 0.00000245.